The van der Waals surface area contributed by atoms with Gasteiger partial charge < -0.3 is 9.64 Å². The van der Waals surface area contributed by atoms with Gasteiger partial charge in [-0.2, -0.15) is 0 Å². The zero-order valence-corrected chi connectivity index (χ0v) is 15.9. The Balaban J connectivity index is 1.76. The van der Waals surface area contributed by atoms with Gasteiger partial charge in [-0.1, -0.05) is 25.0 Å². The predicted molar refractivity (Wildman–Crippen MR) is 104 cm³/mol. The molecule has 1 saturated heterocycles. The Bertz CT molecular complexity index is 886. The summed E-state index contributed by atoms with van der Waals surface area (Å²) in [6.07, 6.45) is 6.07. The molecule has 1 aliphatic carbocycles. The summed E-state index contributed by atoms with van der Waals surface area (Å²) < 4.78 is 6.94. The number of hydrogen-bond donors (Lipinski definition) is 0. The Labute approximate surface area is 159 Å². The first-order valence-electron chi connectivity index (χ1n) is 9.99. The van der Waals surface area contributed by atoms with Crippen molar-refractivity contribution >= 4 is 16.8 Å². The minimum Gasteiger partial charge on any atom is -0.383 e. The normalized spacial score (nSPS) is 20.6. The zero-order valence-electron chi connectivity index (χ0n) is 15.9. The summed E-state index contributed by atoms with van der Waals surface area (Å²) in [6, 6.07) is 7.32. The van der Waals surface area contributed by atoms with E-state index in [2.05, 4.69) is 0 Å². The molecule has 6 heteroatoms. The van der Waals surface area contributed by atoms with Crippen LogP contribution in [0.5, 0.6) is 0 Å². The smallest absolute Gasteiger partial charge is 0.261 e. The number of methoxy groups -OCH3 is 1. The highest BCUT2D eigenvalue weighted by Gasteiger charge is 2.37. The molecule has 0 spiro atoms. The summed E-state index contributed by atoms with van der Waals surface area (Å²) >= 11 is 0. The van der Waals surface area contributed by atoms with Crippen LogP contribution in [0, 0.1) is 5.92 Å². The van der Waals surface area contributed by atoms with Gasteiger partial charge in [0.1, 0.15) is 5.82 Å². The average molecular weight is 369 g/mol. The molecule has 2 aromatic rings. The van der Waals surface area contributed by atoms with E-state index < -0.39 is 0 Å². The summed E-state index contributed by atoms with van der Waals surface area (Å²) in [7, 11) is 1.63. The molecule has 1 aromatic heterocycles. The van der Waals surface area contributed by atoms with Crippen LogP contribution in [0.1, 0.15) is 50.4 Å². The fourth-order valence-corrected chi connectivity index (χ4v) is 4.54. The van der Waals surface area contributed by atoms with E-state index in [1.807, 2.05) is 29.2 Å². The summed E-state index contributed by atoms with van der Waals surface area (Å²) in [4.78, 5) is 33.0. The van der Waals surface area contributed by atoms with Crippen molar-refractivity contribution in [3.8, 4) is 0 Å². The molecule has 1 aromatic carbocycles. The molecule has 2 fully saturated rings. The van der Waals surface area contributed by atoms with E-state index >= 15 is 0 Å². The number of hydrogen-bond acceptors (Lipinski definition) is 4. The molecule has 0 N–H and O–H groups in total. The van der Waals surface area contributed by atoms with Crippen LogP contribution >= 0.6 is 0 Å². The maximum absolute atomic E-state index is 13.1. The Morgan fingerprint density at radius 2 is 1.96 bits per heavy atom. The molecule has 1 saturated carbocycles. The number of aromatic nitrogens is 2. The highest BCUT2D eigenvalue weighted by Crippen LogP contribution is 2.35. The average Bonchev–Trinajstić information content (AvgIpc) is 3.38. The van der Waals surface area contributed by atoms with Gasteiger partial charge in [-0.15, -0.1) is 0 Å². The van der Waals surface area contributed by atoms with Gasteiger partial charge in [0.15, 0.2) is 0 Å². The largest absolute Gasteiger partial charge is 0.383 e. The Morgan fingerprint density at radius 3 is 2.74 bits per heavy atom. The van der Waals surface area contributed by atoms with Crippen molar-refractivity contribution in [1.82, 2.24) is 14.5 Å². The van der Waals surface area contributed by atoms with E-state index in [4.69, 9.17) is 9.72 Å². The molecule has 6 nitrogen and oxygen atoms in total. The third-order valence-corrected chi connectivity index (χ3v) is 5.95. The molecule has 27 heavy (non-hydrogen) atoms. The van der Waals surface area contributed by atoms with E-state index in [1.165, 1.54) is 0 Å². The zero-order chi connectivity index (χ0) is 18.8. The van der Waals surface area contributed by atoms with Crippen LogP contribution in [0.15, 0.2) is 29.1 Å². The first-order valence-corrected chi connectivity index (χ1v) is 9.99. The first kappa shape index (κ1) is 18.2. The van der Waals surface area contributed by atoms with Crippen molar-refractivity contribution in [3.05, 3.63) is 40.4 Å². The topological polar surface area (TPSA) is 64.4 Å². The van der Waals surface area contributed by atoms with Crippen LogP contribution in [0.4, 0.5) is 0 Å². The molecule has 1 unspecified atom stereocenters. The fourth-order valence-electron chi connectivity index (χ4n) is 4.54. The number of ether oxygens (including phenoxy) is 1. The number of likely N-dealkylation sites (tertiary alicyclic amines) is 1. The van der Waals surface area contributed by atoms with Crippen LogP contribution in [0.25, 0.3) is 10.9 Å². The summed E-state index contributed by atoms with van der Waals surface area (Å²) in [6.45, 7) is 1.65. The summed E-state index contributed by atoms with van der Waals surface area (Å²) in [5.41, 5.74) is 0.652. The number of para-hydroxylation sites is 1. The quantitative estimate of drug-likeness (QED) is 0.813. The lowest BCUT2D eigenvalue weighted by Crippen LogP contribution is -2.38. The Hall–Kier alpha value is -2.21. The minimum atomic E-state index is -0.118. The number of amides is 1. The van der Waals surface area contributed by atoms with E-state index in [-0.39, 0.29) is 23.4 Å². The van der Waals surface area contributed by atoms with Crippen LogP contribution < -0.4 is 5.56 Å². The highest BCUT2D eigenvalue weighted by molar-refractivity contribution is 5.80. The summed E-state index contributed by atoms with van der Waals surface area (Å²) in [5.74, 6) is 1.10. The monoisotopic (exact) mass is 369 g/mol. The van der Waals surface area contributed by atoms with E-state index in [9.17, 15) is 9.59 Å². The minimum absolute atomic E-state index is 0.0483. The number of fused-ring (bicyclic) bond motifs is 1. The number of nitrogens with zero attached hydrogens (tertiary/aromatic N) is 3. The predicted octanol–water partition coefficient (Wildman–Crippen LogP) is 2.90. The second kappa shape index (κ2) is 7.80. The molecule has 1 aliphatic heterocycles. The molecule has 2 aliphatic rings. The van der Waals surface area contributed by atoms with E-state index in [0.29, 0.717) is 29.9 Å². The molecule has 0 radical (unpaired) electrons. The molecule has 1 atom stereocenters. The van der Waals surface area contributed by atoms with Crippen molar-refractivity contribution in [3.63, 3.8) is 0 Å². The third-order valence-electron chi connectivity index (χ3n) is 5.95. The van der Waals surface area contributed by atoms with E-state index in [0.717, 1.165) is 45.1 Å². The second-order valence-electron chi connectivity index (χ2n) is 7.61. The molecular weight excluding hydrogens is 342 g/mol. The molecule has 1 amide bonds. The van der Waals surface area contributed by atoms with Gasteiger partial charge in [-0.3, -0.25) is 14.2 Å². The maximum Gasteiger partial charge on any atom is 0.261 e. The molecule has 144 valence electrons. The van der Waals surface area contributed by atoms with Crippen molar-refractivity contribution in [2.24, 2.45) is 5.92 Å². The highest BCUT2D eigenvalue weighted by atomic mass is 16.5. The standard InChI is InChI=1S/C21H27N3O3/c1-27-14-13-24-19(22-17-10-5-4-9-16(17)21(24)26)18-11-6-12-23(18)20(25)15-7-2-3-8-15/h4-5,9-10,15,18H,2-3,6-8,11-14H2,1H3. The van der Waals surface area contributed by atoms with Gasteiger partial charge in [0.25, 0.3) is 5.56 Å². The van der Waals surface area contributed by atoms with Gasteiger partial charge in [0.05, 0.1) is 30.1 Å². The Kier molecular flexibility index (Phi) is 5.25. The lowest BCUT2D eigenvalue weighted by Gasteiger charge is -2.28. The first-order chi connectivity index (χ1) is 13.2. The van der Waals surface area contributed by atoms with Crippen LogP contribution in [0.2, 0.25) is 0 Å². The lowest BCUT2D eigenvalue weighted by molar-refractivity contribution is -0.136. The Morgan fingerprint density at radius 1 is 1.19 bits per heavy atom. The number of benzene rings is 1. The molecule has 4 rings (SSSR count). The lowest BCUT2D eigenvalue weighted by atomic mass is 10.1. The van der Waals surface area contributed by atoms with Crippen molar-refractivity contribution in [2.75, 3.05) is 20.3 Å². The van der Waals surface area contributed by atoms with Gasteiger partial charge in [0.2, 0.25) is 5.91 Å². The van der Waals surface area contributed by atoms with Crippen LogP contribution in [-0.4, -0.2) is 40.6 Å². The van der Waals surface area contributed by atoms with Gasteiger partial charge in [-0.25, -0.2) is 4.98 Å². The molecular formula is C21H27N3O3. The number of rotatable bonds is 5. The second-order valence-corrected chi connectivity index (χ2v) is 7.61. The van der Waals surface area contributed by atoms with Crippen molar-refractivity contribution in [2.45, 2.75) is 51.1 Å². The fraction of sp³-hybridized carbons (Fsp3) is 0.571. The van der Waals surface area contributed by atoms with Crippen LogP contribution in [0.3, 0.4) is 0 Å². The van der Waals surface area contributed by atoms with Crippen LogP contribution in [-0.2, 0) is 16.1 Å². The summed E-state index contributed by atoms with van der Waals surface area (Å²) in [5, 5.41) is 0.615. The van der Waals surface area contributed by atoms with E-state index in [1.54, 1.807) is 11.7 Å². The third kappa shape index (κ3) is 3.38. The van der Waals surface area contributed by atoms with Gasteiger partial charge >= 0.3 is 0 Å². The van der Waals surface area contributed by atoms with Crippen molar-refractivity contribution in [1.29, 1.82) is 0 Å². The van der Waals surface area contributed by atoms with Crippen molar-refractivity contribution < 1.29 is 9.53 Å². The molecule has 2 heterocycles. The maximum atomic E-state index is 13.1. The SMILES string of the molecule is COCCn1c(C2CCCN2C(=O)C2CCCC2)nc2ccccc2c1=O. The number of carbonyl (C=O) groups is 1. The van der Waals surface area contributed by atoms with Gasteiger partial charge in [-0.05, 0) is 37.8 Å². The number of carbonyl (C=O) groups excluding carboxylic acids is 1. The van der Waals surface area contributed by atoms with Gasteiger partial charge in [0, 0.05) is 19.6 Å². The molecule has 0 bridgehead atoms.